The molecule has 3 atom stereocenters. The van der Waals surface area contributed by atoms with Gasteiger partial charge in [-0.15, -0.1) is 0 Å². The van der Waals surface area contributed by atoms with E-state index in [-0.39, 0.29) is 17.9 Å². The lowest BCUT2D eigenvalue weighted by molar-refractivity contribution is -0.146. The topological polar surface area (TPSA) is 78.9 Å². The van der Waals surface area contributed by atoms with Crippen molar-refractivity contribution in [2.24, 2.45) is 35.5 Å². The molecule has 0 spiro atoms. The summed E-state index contributed by atoms with van der Waals surface area (Å²) in [5.74, 6) is 2.97. The van der Waals surface area contributed by atoms with Crippen LogP contribution in [0.4, 0.5) is 0 Å². The fourth-order valence-corrected chi connectivity index (χ4v) is 6.09. The van der Waals surface area contributed by atoms with Crippen molar-refractivity contribution in [3.05, 3.63) is 0 Å². The van der Waals surface area contributed by atoms with Gasteiger partial charge in [-0.05, 0) is 106 Å². The second-order valence-electron chi connectivity index (χ2n) is 14.1. The molecule has 3 unspecified atom stereocenters. The van der Waals surface area contributed by atoms with Crippen molar-refractivity contribution in [3.63, 3.8) is 0 Å². The van der Waals surface area contributed by atoms with Gasteiger partial charge in [-0.1, -0.05) is 67.2 Å². The number of hydrogen-bond donors (Lipinski definition) is 0. The van der Waals surface area contributed by atoms with Gasteiger partial charge < -0.3 is 14.2 Å². The van der Waals surface area contributed by atoms with Crippen LogP contribution < -0.4 is 0 Å². The summed E-state index contributed by atoms with van der Waals surface area (Å²) < 4.78 is 16.5. The number of carbonyl (C=O) groups excluding carboxylic acids is 3. The number of hydrogen-bond acceptors (Lipinski definition) is 6. The van der Waals surface area contributed by atoms with Crippen molar-refractivity contribution in [1.29, 1.82) is 0 Å². The average Bonchev–Trinajstić information content (AvgIpc) is 2.93. The van der Waals surface area contributed by atoms with E-state index in [4.69, 9.17) is 14.2 Å². The van der Waals surface area contributed by atoms with Gasteiger partial charge in [0.25, 0.3) is 0 Å². The maximum absolute atomic E-state index is 12.5. The van der Waals surface area contributed by atoms with Crippen LogP contribution in [0.15, 0.2) is 0 Å². The highest BCUT2D eigenvalue weighted by atomic mass is 16.5. The standard InChI is InChI=1S/C36H66O6/c1-28(2)13-7-10-24-40-34(37)21-17-31-16-18-32(19-22-35(38)41-25-11-8-14-29(3)4)33(27-31)20-23-36(39)42-26-12-9-15-30(5)6/h28-33H,7-27H2,1-6H3. The van der Waals surface area contributed by atoms with Gasteiger partial charge in [-0.3, -0.25) is 14.4 Å². The highest BCUT2D eigenvalue weighted by Crippen LogP contribution is 2.41. The van der Waals surface area contributed by atoms with Gasteiger partial charge in [0.1, 0.15) is 0 Å². The van der Waals surface area contributed by atoms with Crippen LogP contribution in [0.3, 0.4) is 0 Å². The number of carbonyl (C=O) groups is 3. The summed E-state index contributed by atoms with van der Waals surface area (Å²) in [6.07, 6.45) is 16.4. The molecule has 6 heteroatoms. The zero-order valence-electron chi connectivity index (χ0n) is 28.3. The second kappa shape index (κ2) is 23.8. The van der Waals surface area contributed by atoms with Crippen molar-refractivity contribution < 1.29 is 28.6 Å². The first-order chi connectivity index (χ1) is 20.1. The van der Waals surface area contributed by atoms with Crippen LogP contribution in [-0.4, -0.2) is 37.7 Å². The van der Waals surface area contributed by atoms with Gasteiger partial charge >= 0.3 is 17.9 Å². The third kappa shape index (κ3) is 21.2. The van der Waals surface area contributed by atoms with E-state index in [2.05, 4.69) is 41.5 Å². The molecule has 0 bridgehead atoms. The van der Waals surface area contributed by atoms with Gasteiger partial charge in [0.15, 0.2) is 0 Å². The Morgan fingerprint density at radius 3 is 1.31 bits per heavy atom. The van der Waals surface area contributed by atoms with E-state index in [0.29, 0.717) is 74.6 Å². The first-order valence-electron chi connectivity index (χ1n) is 17.5. The molecule has 1 rings (SSSR count). The van der Waals surface area contributed by atoms with E-state index in [1.54, 1.807) is 0 Å². The lowest BCUT2D eigenvalue weighted by Gasteiger charge is -2.36. The summed E-state index contributed by atoms with van der Waals surface area (Å²) in [5.41, 5.74) is 0. The van der Waals surface area contributed by atoms with Crippen molar-refractivity contribution in [2.45, 2.75) is 157 Å². The minimum atomic E-state index is -0.109. The van der Waals surface area contributed by atoms with E-state index in [1.807, 2.05) is 0 Å². The number of ether oxygens (including phenoxy) is 3. The molecule has 0 saturated heterocycles. The van der Waals surface area contributed by atoms with Crippen LogP contribution in [-0.2, 0) is 28.6 Å². The third-order valence-corrected chi connectivity index (χ3v) is 8.76. The Hall–Kier alpha value is -1.59. The Labute approximate surface area is 258 Å². The molecule has 0 aromatic rings. The second-order valence-corrected chi connectivity index (χ2v) is 14.1. The van der Waals surface area contributed by atoms with Gasteiger partial charge in [-0.2, -0.15) is 0 Å². The fourth-order valence-electron chi connectivity index (χ4n) is 6.09. The van der Waals surface area contributed by atoms with Crippen LogP contribution >= 0.6 is 0 Å². The van der Waals surface area contributed by atoms with E-state index in [1.165, 1.54) is 12.8 Å². The van der Waals surface area contributed by atoms with Gasteiger partial charge in [-0.25, -0.2) is 0 Å². The molecule has 42 heavy (non-hydrogen) atoms. The molecule has 1 fully saturated rings. The van der Waals surface area contributed by atoms with Crippen LogP contribution in [0.25, 0.3) is 0 Å². The Kier molecular flexibility index (Phi) is 21.8. The Bertz CT molecular complexity index is 716. The maximum atomic E-state index is 12.5. The minimum absolute atomic E-state index is 0.0876. The molecule has 0 aromatic carbocycles. The molecule has 0 radical (unpaired) electrons. The molecule has 246 valence electrons. The van der Waals surface area contributed by atoms with Crippen LogP contribution in [0.5, 0.6) is 0 Å². The van der Waals surface area contributed by atoms with Crippen LogP contribution in [0.1, 0.15) is 157 Å². The normalized spacial score (nSPS) is 18.9. The van der Waals surface area contributed by atoms with Gasteiger partial charge in [0.05, 0.1) is 19.8 Å². The molecule has 0 heterocycles. The first kappa shape index (κ1) is 38.4. The van der Waals surface area contributed by atoms with E-state index in [9.17, 15) is 14.4 Å². The summed E-state index contributed by atoms with van der Waals surface area (Å²) in [6.45, 7) is 14.8. The van der Waals surface area contributed by atoms with E-state index >= 15 is 0 Å². The van der Waals surface area contributed by atoms with Gasteiger partial charge in [0, 0.05) is 19.3 Å². The highest BCUT2D eigenvalue weighted by molar-refractivity contribution is 5.70. The molecule has 1 aliphatic carbocycles. The van der Waals surface area contributed by atoms with Crippen molar-refractivity contribution >= 4 is 17.9 Å². The summed E-state index contributed by atoms with van der Waals surface area (Å²) >= 11 is 0. The smallest absolute Gasteiger partial charge is 0.305 e. The molecule has 0 amide bonds. The lowest BCUT2D eigenvalue weighted by Crippen LogP contribution is -2.27. The molecule has 0 aliphatic heterocycles. The predicted molar refractivity (Wildman–Crippen MR) is 171 cm³/mol. The predicted octanol–water partition coefficient (Wildman–Crippen LogP) is 9.47. The number of unbranched alkanes of at least 4 members (excludes halogenated alkanes) is 3. The Balaban J connectivity index is 2.49. The molecule has 6 nitrogen and oxygen atoms in total. The summed E-state index contributed by atoms with van der Waals surface area (Å²) in [5, 5.41) is 0. The molecular formula is C36H66O6. The highest BCUT2D eigenvalue weighted by Gasteiger charge is 2.31. The van der Waals surface area contributed by atoms with Crippen LogP contribution in [0.2, 0.25) is 0 Å². The zero-order chi connectivity index (χ0) is 31.2. The summed E-state index contributed by atoms with van der Waals surface area (Å²) in [7, 11) is 0. The number of rotatable bonds is 24. The quantitative estimate of drug-likeness (QED) is 0.0629. The molecular weight excluding hydrogens is 528 g/mol. The van der Waals surface area contributed by atoms with E-state index in [0.717, 1.165) is 83.5 Å². The zero-order valence-corrected chi connectivity index (χ0v) is 28.3. The van der Waals surface area contributed by atoms with Crippen molar-refractivity contribution in [1.82, 2.24) is 0 Å². The maximum Gasteiger partial charge on any atom is 0.305 e. The SMILES string of the molecule is CC(C)CCCCOC(=O)CCC1CCC(CCC(=O)OCCCCC(C)C)C(CCC(=O)OCCCCC(C)C)C1. The minimum Gasteiger partial charge on any atom is -0.466 e. The molecule has 1 aliphatic rings. The Morgan fingerprint density at radius 1 is 0.524 bits per heavy atom. The average molecular weight is 595 g/mol. The first-order valence-corrected chi connectivity index (χ1v) is 17.5. The fraction of sp³-hybridized carbons (Fsp3) is 0.917. The molecule has 0 N–H and O–H groups in total. The summed E-state index contributed by atoms with van der Waals surface area (Å²) in [6, 6.07) is 0. The monoisotopic (exact) mass is 594 g/mol. The third-order valence-electron chi connectivity index (χ3n) is 8.76. The number of esters is 3. The molecule has 0 aromatic heterocycles. The van der Waals surface area contributed by atoms with Crippen molar-refractivity contribution in [3.8, 4) is 0 Å². The van der Waals surface area contributed by atoms with Crippen LogP contribution in [0, 0.1) is 35.5 Å². The summed E-state index contributed by atoms with van der Waals surface area (Å²) in [4.78, 5) is 37.2. The van der Waals surface area contributed by atoms with Gasteiger partial charge in [0.2, 0.25) is 0 Å². The Morgan fingerprint density at radius 2 is 0.905 bits per heavy atom. The lowest BCUT2D eigenvalue weighted by atomic mass is 9.69. The molecule has 1 saturated carbocycles. The van der Waals surface area contributed by atoms with Crippen molar-refractivity contribution in [2.75, 3.05) is 19.8 Å². The largest absolute Gasteiger partial charge is 0.466 e. The van der Waals surface area contributed by atoms with E-state index < -0.39 is 0 Å².